The Morgan fingerprint density at radius 1 is 1.19 bits per heavy atom. The van der Waals surface area contributed by atoms with E-state index in [-0.39, 0.29) is 5.56 Å². The summed E-state index contributed by atoms with van der Waals surface area (Å²) in [6.45, 7) is 3.00. The number of pyridine rings is 1. The maximum atomic E-state index is 12.5. The monoisotopic (exact) mass is 455 g/mol. The number of methoxy groups -OCH3 is 1. The molecule has 1 N–H and O–H groups in total. The zero-order valence-corrected chi connectivity index (χ0v) is 18.4. The molecule has 0 saturated heterocycles. The van der Waals surface area contributed by atoms with Crippen molar-refractivity contribution in [2.24, 2.45) is 0 Å². The maximum Gasteiger partial charge on any atom is 0.341 e. The molecule has 7 nitrogen and oxygen atoms in total. The Labute approximate surface area is 189 Å². The molecule has 2 heterocycles. The number of halogens is 1. The van der Waals surface area contributed by atoms with Crippen molar-refractivity contribution in [1.29, 1.82) is 0 Å². The first-order chi connectivity index (χ1) is 15.4. The average molecular weight is 456 g/mol. The number of ether oxygens (including phenoxy) is 3. The molecule has 8 heteroatoms. The number of aromatic nitrogens is 1. The van der Waals surface area contributed by atoms with E-state index in [1.165, 1.54) is 12.3 Å². The van der Waals surface area contributed by atoms with E-state index in [0.29, 0.717) is 41.0 Å². The zero-order chi connectivity index (χ0) is 22.8. The molecule has 1 aliphatic rings. The summed E-state index contributed by atoms with van der Waals surface area (Å²) in [6.07, 6.45) is 1.39. The van der Waals surface area contributed by atoms with Gasteiger partial charge in [-0.25, -0.2) is 4.79 Å². The van der Waals surface area contributed by atoms with Gasteiger partial charge < -0.3 is 23.9 Å². The Balaban J connectivity index is 1.83. The molecule has 4 rings (SSSR count). The van der Waals surface area contributed by atoms with Crippen LogP contribution in [0.5, 0.6) is 11.5 Å². The van der Waals surface area contributed by atoms with Crippen molar-refractivity contribution in [3.05, 3.63) is 80.6 Å². The fourth-order valence-corrected chi connectivity index (χ4v) is 3.79. The molecule has 0 amide bonds. The zero-order valence-electron chi connectivity index (χ0n) is 17.6. The highest BCUT2D eigenvalue weighted by molar-refractivity contribution is 6.30. The molecule has 0 fully saturated rings. The molecule has 0 spiro atoms. The fourth-order valence-electron chi connectivity index (χ4n) is 3.66. The van der Waals surface area contributed by atoms with Crippen LogP contribution in [0.1, 0.15) is 34.1 Å². The first-order valence-corrected chi connectivity index (χ1v) is 10.4. The van der Waals surface area contributed by atoms with Gasteiger partial charge in [0.15, 0.2) is 5.43 Å². The second-order valence-electron chi connectivity index (χ2n) is 7.48. The van der Waals surface area contributed by atoms with Crippen molar-refractivity contribution < 1.29 is 24.1 Å². The molecule has 0 bridgehead atoms. The molecular formula is C24H22ClNO6. The third-order valence-corrected chi connectivity index (χ3v) is 5.51. The highest BCUT2D eigenvalue weighted by atomic mass is 35.5. The Morgan fingerprint density at radius 3 is 2.62 bits per heavy atom. The number of carboxylic acid groups (broad SMARTS) is 1. The van der Waals surface area contributed by atoms with Crippen LogP contribution in [0, 0.1) is 6.92 Å². The van der Waals surface area contributed by atoms with Gasteiger partial charge in [-0.2, -0.15) is 0 Å². The summed E-state index contributed by atoms with van der Waals surface area (Å²) in [4.78, 5) is 24.1. The Hall–Kier alpha value is -3.29. The first-order valence-electron chi connectivity index (χ1n) is 10.1. The van der Waals surface area contributed by atoms with Gasteiger partial charge in [0, 0.05) is 54.6 Å². The molecule has 1 aromatic heterocycles. The molecule has 1 aliphatic heterocycles. The number of carboxylic acids is 1. The maximum absolute atomic E-state index is 12.5. The summed E-state index contributed by atoms with van der Waals surface area (Å²) < 4.78 is 18.9. The van der Waals surface area contributed by atoms with E-state index in [0.717, 1.165) is 17.5 Å². The van der Waals surface area contributed by atoms with Gasteiger partial charge in [-0.3, -0.25) is 4.79 Å². The minimum absolute atomic E-state index is 0.324. The lowest BCUT2D eigenvalue weighted by molar-refractivity contribution is 0.0693. The van der Waals surface area contributed by atoms with E-state index >= 15 is 0 Å². The highest BCUT2D eigenvalue weighted by Gasteiger charge is 2.29. The Morgan fingerprint density at radius 2 is 1.94 bits per heavy atom. The SMILES string of the molecule is COCCCOc1cc2c(cc1C)-c1cc(=O)c(C(=O)O)cn1C(c1ccc(Cl)cc1)O2. The van der Waals surface area contributed by atoms with Crippen LogP contribution in [0.15, 0.2) is 53.5 Å². The molecular weight excluding hydrogens is 434 g/mol. The van der Waals surface area contributed by atoms with Crippen molar-refractivity contribution in [2.75, 3.05) is 20.3 Å². The van der Waals surface area contributed by atoms with Gasteiger partial charge >= 0.3 is 5.97 Å². The minimum Gasteiger partial charge on any atom is -0.493 e. The molecule has 0 radical (unpaired) electrons. The number of rotatable bonds is 7. The van der Waals surface area contributed by atoms with E-state index in [4.69, 9.17) is 25.8 Å². The van der Waals surface area contributed by atoms with Gasteiger partial charge in [0.1, 0.15) is 17.1 Å². The molecule has 1 atom stereocenters. The number of benzene rings is 2. The Bertz CT molecular complexity index is 1220. The molecule has 32 heavy (non-hydrogen) atoms. The Kier molecular flexibility index (Phi) is 6.21. The second-order valence-corrected chi connectivity index (χ2v) is 7.92. The molecule has 0 saturated carbocycles. The lowest BCUT2D eigenvalue weighted by atomic mass is 10.0. The molecule has 3 aromatic rings. The van der Waals surface area contributed by atoms with Crippen molar-refractivity contribution >= 4 is 17.6 Å². The van der Waals surface area contributed by atoms with Gasteiger partial charge in [-0.05, 0) is 30.7 Å². The number of hydrogen-bond donors (Lipinski definition) is 1. The van der Waals surface area contributed by atoms with Crippen molar-refractivity contribution in [3.63, 3.8) is 0 Å². The van der Waals surface area contributed by atoms with Gasteiger partial charge in [0.2, 0.25) is 6.23 Å². The average Bonchev–Trinajstić information content (AvgIpc) is 2.77. The number of hydrogen-bond acceptors (Lipinski definition) is 5. The number of aryl methyl sites for hydroxylation is 1. The van der Waals surface area contributed by atoms with Crippen LogP contribution >= 0.6 is 11.6 Å². The topological polar surface area (TPSA) is 87.0 Å². The van der Waals surface area contributed by atoms with Crippen LogP contribution in [0.2, 0.25) is 5.02 Å². The molecule has 2 aromatic carbocycles. The van der Waals surface area contributed by atoms with Gasteiger partial charge in [0.25, 0.3) is 0 Å². The third-order valence-electron chi connectivity index (χ3n) is 5.26. The van der Waals surface area contributed by atoms with Gasteiger partial charge in [-0.1, -0.05) is 23.7 Å². The predicted octanol–water partition coefficient (Wildman–Crippen LogP) is 4.53. The normalized spacial score (nSPS) is 14.3. The number of carbonyl (C=O) groups is 1. The number of nitrogens with zero attached hydrogens (tertiary/aromatic N) is 1. The van der Waals surface area contributed by atoms with E-state index in [2.05, 4.69) is 0 Å². The molecule has 1 unspecified atom stereocenters. The van der Waals surface area contributed by atoms with Crippen molar-refractivity contribution in [2.45, 2.75) is 19.6 Å². The van der Waals surface area contributed by atoms with Crippen LogP contribution in [0.25, 0.3) is 11.3 Å². The highest BCUT2D eigenvalue weighted by Crippen LogP contribution is 2.43. The van der Waals surface area contributed by atoms with Gasteiger partial charge in [0.05, 0.1) is 12.3 Å². The predicted molar refractivity (Wildman–Crippen MR) is 120 cm³/mol. The van der Waals surface area contributed by atoms with Crippen LogP contribution in [-0.2, 0) is 4.74 Å². The van der Waals surface area contributed by atoms with Crippen LogP contribution in [0.4, 0.5) is 0 Å². The summed E-state index contributed by atoms with van der Waals surface area (Å²) >= 11 is 6.04. The molecule has 0 aliphatic carbocycles. The lowest BCUT2D eigenvalue weighted by Crippen LogP contribution is -2.27. The van der Waals surface area contributed by atoms with Crippen molar-refractivity contribution in [1.82, 2.24) is 4.57 Å². The first kappa shape index (κ1) is 21.9. The van der Waals surface area contributed by atoms with Crippen LogP contribution in [0.3, 0.4) is 0 Å². The standard InChI is InChI=1S/C24H22ClNO6/c1-14-10-17-19-11-20(27)18(24(28)29)13-26(19)23(15-4-6-16(25)7-5-15)32-22(17)12-21(14)31-9-3-8-30-2/h4-7,10-13,23H,3,8-9H2,1-2H3,(H,28,29). The van der Waals surface area contributed by atoms with E-state index in [1.54, 1.807) is 42.0 Å². The smallest absolute Gasteiger partial charge is 0.341 e. The van der Waals surface area contributed by atoms with Crippen LogP contribution in [-0.4, -0.2) is 36.0 Å². The number of fused-ring (bicyclic) bond motifs is 3. The summed E-state index contributed by atoms with van der Waals surface area (Å²) in [5.41, 5.74) is 1.99. The quantitative estimate of drug-likeness (QED) is 0.527. The van der Waals surface area contributed by atoms with E-state index < -0.39 is 17.6 Å². The van der Waals surface area contributed by atoms with Gasteiger partial charge in [-0.15, -0.1) is 0 Å². The summed E-state index contributed by atoms with van der Waals surface area (Å²) in [5, 5.41) is 10.0. The largest absolute Gasteiger partial charge is 0.493 e. The lowest BCUT2D eigenvalue weighted by Gasteiger charge is -2.32. The summed E-state index contributed by atoms with van der Waals surface area (Å²) in [7, 11) is 1.64. The summed E-state index contributed by atoms with van der Waals surface area (Å²) in [6, 6.07) is 12.1. The molecule has 166 valence electrons. The number of aromatic carboxylic acids is 1. The third kappa shape index (κ3) is 4.22. The van der Waals surface area contributed by atoms with Crippen LogP contribution < -0.4 is 14.9 Å². The second kappa shape index (κ2) is 9.06. The van der Waals surface area contributed by atoms with E-state index in [1.807, 2.05) is 13.0 Å². The fraction of sp³-hybridized carbons (Fsp3) is 0.250. The minimum atomic E-state index is -1.29. The van der Waals surface area contributed by atoms with E-state index in [9.17, 15) is 14.7 Å². The summed E-state index contributed by atoms with van der Waals surface area (Å²) in [5.74, 6) is -0.0747. The van der Waals surface area contributed by atoms with Crippen molar-refractivity contribution in [3.8, 4) is 22.8 Å².